The summed E-state index contributed by atoms with van der Waals surface area (Å²) in [4.78, 5) is 2.00. The van der Waals surface area contributed by atoms with Crippen LogP contribution < -0.4 is 10.2 Å². The van der Waals surface area contributed by atoms with Crippen molar-refractivity contribution in [1.29, 1.82) is 0 Å². The van der Waals surface area contributed by atoms with Gasteiger partial charge >= 0.3 is 6.18 Å². The van der Waals surface area contributed by atoms with E-state index in [0.29, 0.717) is 17.6 Å². The molecule has 118 valence electrons. The monoisotopic (exact) mass is 320 g/mol. The quantitative estimate of drug-likeness (QED) is 0.898. The smallest absolute Gasteiger partial charge is 0.371 e. The number of halogens is 4. The van der Waals surface area contributed by atoms with Gasteiger partial charge in [-0.05, 0) is 37.1 Å². The van der Waals surface area contributed by atoms with Gasteiger partial charge in [-0.1, -0.05) is 25.4 Å². The minimum atomic E-state index is -4.42. The summed E-state index contributed by atoms with van der Waals surface area (Å²) in [5, 5.41) is 3.17. The summed E-state index contributed by atoms with van der Waals surface area (Å²) in [5.41, 5.74) is -0.170. The average Bonchev–Trinajstić information content (AvgIpc) is 2.40. The van der Waals surface area contributed by atoms with Gasteiger partial charge < -0.3 is 10.2 Å². The van der Waals surface area contributed by atoms with Crippen molar-refractivity contribution in [2.24, 2.45) is 5.92 Å². The van der Waals surface area contributed by atoms with Crippen LogP contribution in [0.25, 0.3) is 0 Å². The highest BCUT2D eigenvalue weighted by atomic mass is 35.5. The Kier molecular flexibility index (Phi) is 5.04. The highest BCUT2D eigenvalue weighted by molar-refractivity contribution is 6.31. The van der Waals surface area contributed by atoms with E-state index in [1.54, 1.807) is 6.07 Å². The lowest BCUT2D eigenvalue weighted by atomic mass is 9.93. The molecule has 0 radical (unpaired) electrons. The number of piperidine rings is 1. The second-order valence-corrected chi connectivity index (χ2v) is 5.95. The Bertz CT molecular complexity index is 490. The predicted molar refractivity (Wildman–Crippen MR) is 79.9 cm³/mol. The van der Waals surface area contributed by atoms with E-state index in [9.17, 15) is 13.2 Å². The maximum Gasteiger partial charge on any atom is 0.417 e. The first kappa shape index (κ1) is 16.4. The number of hydrogen-bond acceptors (Lipinski definition) is 2. The van der Waals surface area contributed by atoms with Crippen molar-refractivity contribution in [2.45, 2.75) is 32.5 Å². The van der Waals surface area contributed by atoms with Gasteiger partial charge in [-0.15, -0.1) is 0 Å². The highest BCUT2D eigenvalue weighted by Gasteiger charge is 2.34. The van der Waals surface area contributed by atoms with Crippen LogP contribution >= 0.6 is 11.6 Å². The van der Waals surface area contributed by atoms with E-state index in [1.807, 2.05) is 4.90 Å². The standard InChI is InChI=1S/C15H20ClF3N2/c1-3-20-14-6-7-21(9-10(14)2)11-4-5-13(16)12(8-11)15(17,18)19/h4-5,8,10,14,20H,3,6-7,9H2,1-2H3. The van der Waals surface area contributed by atoms with E-state index in [2.05, 4.69) is 19.2 Å². The average molecular weight is 321 g/mol. The molecule has 0 amide bonds. The Morgan fingerprint density at radius 1 is 1.38 bits per heavy atom. The molecule has 1 aromatic carbocycles. The second-order valence-electron chi connectivity index (χ2n) is 5.54. The molecule has 1 saturated heterocycles. The fourth-order valence-corrected chi connectivity index (χ4v) is 3.10. The summed E-state index contributed by atoms with van der Waals surface area (Å²) >= 11 is 5.66. The van der Waals surface area contributed by atoms with Gasteiger partial charge in [0.2, 0.25) is 0 Å². The minimum absolute atomic E-state index is 0.248. The van der Waals surface area contributed by atoms with Crippen molar-refractivity contribution >= 4 is 17.3 Å². The van der Waals surface area contributed by atoms with Crippen molar-refractivity contribution in [3.8, 4) is 0 Å². The number of anilines is 1. The molecule has 0 aromatic heterocycles. The maximum absolute atomic E-state index is 12.9. The molecule has 2 atom stereocenters. The van der Waals surface area contributed by atoms with Gasteiger partial charge in [-0.3, -0.25) is 0 Å². The molecule has 2 unspecified atom stereocenters. The van der Waals surface area contributed by atoms with E-state index in [1.165, 1.54) is 6.07 Å². The molecule has 0 aliphatic carbocycles. The third kappa shape index (κ3) is 3.83. The molecule has 1 heterocycles. The molecule has 0 bridgehead atoms. The van der Waals surface area contributed by atoms with Crippen LogP contribution in [0.15, 0.2) is 18.2 Å². The zero-order valence-electron chi connectivity index (χ0n) is 12.2. The van der Waals surface area contributed by atoms with Gasteiger partial charge in [0.05, 0.1) is 10.6 Å². The molecule has 2 rings (SSSR count). The maximum atomic E-state index is 12.9. The van der Waals surface area contributed by atoms with Crippen LogP contribution in [0.5, 0.6) is 0 Å². The van der Waals surface area contributed by atoms with E-state index in [-0.39, 0.29) is 5.02 Å². The molecule has 0 saturated carbocycles. The number of nitrogens with zero attached hydrogens (tertiary/aromatic N) is 1. The van der Waals surface area contributed by atoms with Crippen LogP contribution in [0.2, 0.25) is 5.02 Å². The first-order valence-corrected chi connectivity index (χ1v) is 7.55. The highest BCUT2D eigenvalue weighted by Crippen LogP contribution is 2.37. The van der Waals surface area contributed by atoms with E-state index < -0.39 is 11.7 Å². The molecule has 6 heteroatoms. The first-order chi connectivity index (χ1) is 9.82. The first-order valence-electron chi connectivity index (χ1n) is 7.18. The molecule has 1 aromatic rings. The molecular weight excluding hydrogens is 301 g/mol. The summed E-state index contributed by atoms with van der Waals surface area (Å²) in [6.07, 6.45) is -3.49. The van der Waals surface area contributed by atoms with Crippen LogP contribution in [0.4, 0.5) is 18.9 Å². The molecule has 1 aliphatic heterocycles. The van der Waals surface area contributed by atoms with Gasteiger partial charge in [0, 0.05) is 24.8 Å². The minimum Gasteiger partial charge on any atom is -0.371 e. The number of rotatable bonds is 3. The molecule has 2 nitrogen and oxygen atoms in total. The Morgan fingerprint density at radius 3 is 2.67 bits per heavy atom. The zero-order valence-corrected chi connectivity index (χ0v) is 12.9. The van der Waals surface area contributed by atoms with Crippen LogP contribution in [0.1, 0.15) is 25.8 Å². The fourth-order valence-electron chi connectivity index (χ4n) is 2.87. The Hall–Kier alpha value is -0.940. The van der Waals surface area contributed by atoms with Crippen molar-refractivity contribution in [1.82, 2.24) is 5.32 Å². The normalized spacial score (nSPS) is 23.4. The van der Waals surface area contributed by atoms with Crippen molar-refractivity contribution in [3.63, 3.8) is 0 Å². The summed E-state index contributed by atoms with van der Waals surface area (Å²) in [7, 11) is 0. The summed E-state index contributed by atoms with van der Waals surface area (Å²) in [6, 6.07) is 4.59. The summed E-state index contributed by atoms with van der Waals surface area (Å²) < 4.78 is 38.8. The number of nitrogens with one attached hydrogen (secondary N) is 1. The van der Waals surface area contributed by atoms with Gasteiger partial charge in [-0.2, -0.15) is 13.2 Å². The second kappa shape index (κ2) is 6.44. The molecule has 1 fully saturated rings. The lowest BCUT2D eigenvalue weighted by Gasteiger charge is -2.38. The van der Waals surface area contributed by atoms with Crippen molar-refractivity contribution in [3.05, 3.63) is 28.8 Å². The van der Waals surface area contributed by atoms with Crippen LogP contribution in [0, 0.1) is 5.92 Å². The van der Waals surface area contributed by atoms with Crippen LogP contribution in [0.3, 0.4) is 0 Å². The van der Waals surface area contributed by atoms with Crippen LogP contribution in [-0.4, -0.2) is 25.7 Å². The van der Waals surface area contributed by atoms with Gasteiger partial charge in [0.1, 0.15) is 0 Å². The Labute approximate surface area is 128 Å². The third-order valence-electron chi connectivity index (χ3n) is 3.99. The summed E-state index contributed by atoms with van der Waals surface area (Å²) in [6.45, 7) is 6.60. The Morgan fingerprint density at radius 2 is 2.10 bits per heavy atom. The number of hydrogen-bond donors (Lipinski definition) is 1. The number of benzene rings is 1. The van der Waals surface area contributed by atoms with Crippen molar-refractivity contribution < 1.29 is 13.2 Å². The van der Waals surface area contributed by atoms with Gasteiger partial charge in [0.15, 0.2) is 0 Å². The number of alkyl halides is 3. The molecule has 21 heavy (non-hydrogen) atoms. The zero-order chi connectivity index (χ0) is 15.6. The Balaban J connectivity index is 2.17. The van der Waals surface area contributed by atoms with E-state index >= 15 is 0 Å². The molecule has 1 aliphatic rings. The molecular formula is C15H20ClF3N2. The largest absolute Gasteiger partial charge is 0.417 e. The van der Waals surface area contributed by atoms with Crippen molar-refractivity contribution in [2.75, 3.05) is 24.5 Å². The summed E-state index contributed by atoms with van der Waals surface area (Å²) in [5.74, 6) is 0.392. The topological polar surface area (TPSA) is 15.3 Å². The SMILES string of the molecule is CCNC1CCN(c2ccc(Cl)c(C(F)(F)F)c2)CC1C. The van der Waals surface area contributed by atoms with E-state index in [0.717, 1.165) is 32.1 Å². The van der Waals surface area contributed by atoms with Gasteiger partial charge in [-0.25, -0.2) is 0 Å². The van der Waals surface area contributed by atoms with E-state index in [4.69, 9.17) is 11.6 Å². The lowest BCUT2D eigenvalue weighted by Crippen LogP contribution is -2.48. The lowest BCUT2D eigenvalue weighted by molar-refractivity contribution is -0.137. The molecule has 0 spiro atoms. The third-order valence-corrected chi connectivity index (χ3v) is 4.32. The van der Waals surface area contributed by atoms with Gasteiger partial charge in [0.25, 0.3) is 0 Å². The van der Waals surface area contributed by atoms with Crippen LogP contribution in [-0.2, 0) is 6.18 Å². The fraction of sp³-hybridized carbons (Fsp3) is 0.600. The predicted octanol–water partition coefficient (Wildman–Crippen LogP) is 4.18. The molecule has 1 N–H and O–H groups in total.